The van der Waals surface area contributed by atoms with Gasteiger partial charge in [-0.1, -0.05) is 121 Å². The molecule has 1 heterocycles. The first-order chi connectivity index (χ1) is 19.6. The van der Waals surface area contributed by atoms with E-state index in [4.69, 9.17) is 5.73 Å². The number of hydrogen-bond donors (Lipinski definition) is 3. The number of aromatic amines is 1. The van der Waals surface area contributed by atoms with Gasteiger partial charge in [0.25, 0.3) is 5.91 Å². The van der Waals surface area contributed by atoms with Crippen molar-refractivity contribution in [2.24, 2.45) is 0 Å². The summed E-state index contributed by atoms with van der Waals surface area (Å²) in [6.45, 7) is 0.317. The van der Waals surface area contributed by atoms with E-state index in [1.165, 1.54) is 0 Å². The summed E-state index contributed by atoms with van der Waals surface area (Å²) in [7, 11) is 0. The number of anilines is 1. The lowest BCUT2D eigenvalue weighted by molar-refractivity contribution is 0.0952. The Kier molecular flexibility index (Phi) is 6.69. The Hall–Kier alpha value is -5.42. The van der Waals surface area contributed by atoms with Crippen LogP contribution in [0.15, 0.2) is 127 Å². The van der Waals surface area contributed by atoms with E-state index in [1.807, 2.05) is 103 Å². The molecule has 4 N–H and O–H groups in total. The summed E-state index contributed by atoms with van der Waals surface area (Å²) < 4.78 is 0. The van der Waals surface area contributed by atoms with Crippen LogP contribution in [0.3, 0.4) is 0 Å². The predicted molar refractivity (Wildman–Crippen MR) is 161 cm³/mol. The summed E-state index contributed by atoms with van der Waals surface area (Å²) >= 11 is 0. The molecule has 5 aromatic carbocycles. The Morgan fingerprint density at radius 2 is 1.25 bits per heavy atom. The van der Waals surface area contributed by atoms with E-state index >= 15 is 0 Å². The molecule has 0 atom stereocenters. The molecule has 0 aliphatic heterocycles. The number of carbonyl (C=O) groups excluding carboxylic acids is 2. The first kappa shape index (κ1) is 24.9. The Balaban J connectivity index is 1.34. The fourth-order valence-corrected chi connectivity index (χ4v) is 5.01. The molecule has 5 heteroatoms. The van der Waals surface area contributed by atoms with Crippen molar-refractivity contribution in [2.45, 2.75) is 6.54 Å². The molecule has 1 aromatic heterocycles. The Bertz CT molecular complexity index is 1820. The van der Waals surface area contributed by atoms with Crippen LogP contribution < -0.4 is 11.1 Å². The van der Waals surface area contributed by atoms with Crippen molar-refractivity contribution in [3.63, 3.8) is 0 Å². The summed E-state index contributed by atoms with van der Waals surface area (Å²) in [5.41, 5.74) is 11.9. The third-order valence-electron chi connectivity index (χ3n) is 7.07. The average Bonchev–Trinajstić information content (AvgIpc) is 3.37. The van der Waals surface area contributed by atoms with Crippen LogP contribution in [0, 0.1) is 0 Å². The molecule has 0 saturated carbocycles. The molecule has 0 unspecified atom stereocenters. The number of nitrogens with two attached hydrogens (primary N) is 1. The third kappa shape index (κ3) is 4.88. The molecule has 1 amide bonds. The fraction of sp³-hybridized carbons (Fsp3) is 0.0286. The number of nitrogen functional groups attached to an aromatic ring is 1. The topological polar surface area (TPSA) is 88.0 Å². The number of fused-ring (bicyclic) bond motifs is 1. The molecule has 0 radical (unpaired) electrons. The van der Waals surface area contributed by atoms with Crippen LogP contribution in [0.2, 0.25) is 0 Å². The molecule has 0 aliphatic carbocycles. The minimum absolute atomic E-state index is 0.152. The van der Waals surface area contributed by atoms with Crippen LogP contribution >= 0.6 is 0 Å². The van der Waals surface area contributed by atoms with Crippen molar-refractivity contribution < 1.29 is 9.59 Å². The normalized spacial score (nSPS) is 10.9. The summed E-state index contributed by atoms with van der Waals surface area (Å²) in [5.74, 6) is -0.429. The molecule has 0 saturated heterocycles. The molecule has 0 spiro atoms. The fourth-order valence-electron chi connectivity index (χ4n) is 5.01. The van der Waals surface area contributed by atoms with Crippen LogP contribution in [-0.2, 0) is 6.54 Å². The second-order valence-electron chi connectivity index (χ2n) is 9.67. The van der Waals surface area contributed by atoms with E-state index in [2.05, 4.69) is 22.4 Å². The lowest BCUT2D eigenvalue weighted by atomic mass is 9.94. The quantitative estimate of drug-likeness (QED) is 0.193. The van der Waals surface area contributed by atoms with Crippen molar-refractivity contribution in [1.29, 1.82) is 0 Å². The van der Waals surface area contributed by atoms with Crippen LogP contribution in [0.25, 0.3) is 33.0 Å². The number of H-pyrrole nitrogens is 1. The highest BCUT2D eigenvalue weighted by Crippen LogP contribution is 2.35. The maximum absolute atomic E-state index is 13.6. The van der Waals surface area contributed by atoms with E-state index in [1.54, 1.807) is 12.1 Å². The summed E-state index contributed by atoms with van der Waals surface area (Å²) in [6.07, 6.45) is 0. The van der Waals surface area contributed by atoms with Gasteiger partial charge in [0.15, 0.2) is 0 Å². The van der Waals surface area contributed by atoms with Gasteiger partial charge < -0.3 is 16.0 Å². The zero-order valence-electron chi connectivity index (χ0n) is 21.7. The minimum Gasteiger partial charge on any atom is -0.385 e. The van der Waals surface area contributed by atoms with E-state index in [0.717, 1.165) is 33.0 Å². The van der Waals surface area contributed by atoms with Crippen molar-refractivity contribution in [3.8, 4) is 22.3 Å². The van der Waals surface area contributed by atoms with Gasteiger partial charge in [0.1, 0.15) is 5.82 Å². The molecule has 194 valence electrons. The molecule has 0 bridgehead atoms. The van der Waals surface area contributed by atoms with Crippen molar-refractivity contribution in [1.82, 2.24) is 10.3 Å². The van der Waals surface area contributed by atoms with Crippen LogP contribution in [0.5, 0.6) is 0 Å². The van der Waals surface area contributed by atoms with Crippen molar-refractivity contribution in [2.75, 3.05) is 5.73 Å². The van der Waals surface area contributed by atoms with Crippen LogP contribution in [0.1, 0.15) is 32.0 Å². The highest BCUT2D eigenvalue weighted by atomic mass is 16.1. The number of ketones is 1. The van der Waals surface area contributed by atoms with E-state index in [0.29, 0.717) is 17.7 Å². The van der Waals surface area contributed by atoms with Crippen molar-refractivity contribution in [3.05, 3.63) is 150 Å². The minimum atomic E-state index is -0.351. The molecule has 40 heavy (non-hydrogen) atoms. The number of amides is 1. The van der Waals surface area contributed by atoms with Gasteiger partial charge in [-0.25, -0.2) is 0 Å². The van der Waals surface area contributed by atoms with Gasteiger partial charge in [-0.15, -0.1) is 0 Å². The largest absolute Gasteiger partial charge is 0.385 e. The third-order valence-corrected chi connectivity index (χ3v) is 7.07. The molecule has 0 fully saturated rings. The van der Waals surface area contributed by atoms with Crippen LogP contribution in [0.4, 0.5) is 5.82 Å². The summed E-state index contributed by atoms with van der Waals surface area (Å²) in [4.78, 5) is 30.3. The Morgan fingerprint density at radius 1 is 0.650 bits per heavy atom. The van der Waals surface area contributed by atoms with Gasteiger partial charge in [0.05, 0.1) is 11.3 Å². The lowest BCUT2D eigenvalue weighted by Crippen LogP contribution is -2.24. The number of carbonyl (C=O) groups is 2. The summed E-state index contributed by atoms with van der Waals surface area (Å²) in [6, 6.07) is 41.1. The molecule has 5 nitrogen and oxygen atoms in total. The van der Waals surface area contributed by atoms with Crippen LogP contribution in [-0.4, -0.2) is 16.7 Å². The first-order valence-corrected chi connectivity index (χ1v) is 13.1. The Morgan fingerprint density at radius 3 is 1.98 bits per heavy atom. The van der Waals surface area contributed by atoms with Gasteiger partial charge in [-0.05, 0) is 39.1 Å². The molecule has 0 aliphatic rings. The standard InChI is InChI=1S/C35H27N3O2/c36-34-31(35(40)37-22-23-15-17-26(18-16-23)24-9-3-1-4-10-24)30(29-20-19-25-11-7-8-14-28(25)21-29)32(38-34)33(39)27-12-5-2-6-13-27/h1-21,38H,22,36H2,(H,37,40). The van der Waals surface area contributed by atoms with Gasteiger partial charge in [0, 0.05) is 17.7 Å². The molecule has 6 aromatic rings. The maximum Gasteiger partial charge on any atom is 0.255 e. The molecule has 6 rings (SSSR count). The number of benzene rings is 5. The van der Waals surface area contributed by atoms with Gasteiger partial charge >= 0.3 is 0 Å². The SMILES string of the molecule is Nc1[nH]c(C(=O)c2ccccc2)c(-c2ccc3ccccc3c2)c1C(=O)NCc1ccc(-c2ccccc2)cc1. The number of aromatic nitrogens is 1. The predicted octanol–water partition coefficient (Wildman–Crippen LogP) is 7.25. The summed E-state index contributed by atoms with van der Waals surface area (Å²) in [5, 5.41) is 5.07. The number of rotatable bonds is 7. The second-order valence-corrected chi connectivity index (χ2v) is 9.67. The highest BCUT2D eigenvalue weighted by molar-refractivity contribution is 6.17. The maximum atomic E-state index is 13.6. The number of hydrogen-bond acceptors (Lipinski definition) is 3. The highest BCUT2D eigenvalue weighted by Gasteiger charge is 2.27. The zero-order valence-corrected chi connectivity index (χ0v) is 21.7. The zero-order chi connectivity index (χ0) is 27.5. The van der Waals surface area contributed by atoms with E-state index in [9.17, 15) is 9.59 Å². The first-order valence-electron chi connectivity index (χ1n) is 13.1. The smallest absolute Gasteiger partial charge is 0.255 e. The van der Waals surface area contributed by atoms with Gasteiger partial charge in [-0.2, -0.15) is 0 Å². The molecular formula is C35H27N3O2. The van der Waals surface area contributed by atoms with E-state index < -0.39 is 0 Å². The Labute approximate surface area is 232 Å². The average molecular weight is 522 g/mol. The van der Waals surface area contributed by atoms with E-state index in [-0.39, 0.29) is 28.8 Å². The van der Waals surface area contributed by atoms with Crippen molar-refractivity contribution >= 4 is 28.3 Å². The lowest BCUT2D eigenvalue weighted by Gasteiger charge is -2.11. The monoisotopic (exact) mass is 521 g/mol. The second kappa shape index (κ2) is 10.8. The van der Waals surface area contributed by atoms with Gasteiger partial charge in [0.2, 0.25) is 5.78 Å². The number of nitrogens with one attached hydrogen (secondary N) is 2. The van der Waals surface area contributed by atoms with Gasteiger partial charge in [-0.3, -0.25) is 9.59 Å². The molecular weight excluding hydrogens is 494 g/mol.